The standard InChI is InChI=1S/C13H16F2N2O2S/c1-4-6-17-11(18)9-8(10(14)15)7(3)20-12(9)16(5-2)13(17)19/h10H,4-6H2,1-3H3. The smallest absolute Gasteiger partial charge is 0.285 e. The molecule has 0 unspecified atom stereocenters. The lowest BCUT2D eigenvalue weighted by molar-refractivity contribution is 0.152. The van der Waals surface area contributed by atoms with E-state index in [2.05, 4.69) is 0 Å². The van der Waals surface area contributed by atoms with Gasteiger partial charge in [0.15, 0.2) is 0 Å². The summed E-state index contributed by atoms with van der Waals surface area (Å²) in [4.78, 5) is 25.4. The first kappa shape index (κ1) is 14.9. The Labute approximate surface area is 118 Å². The molecule has 0 radical (unpaired) electrons. The Balaban J connectivity index is 3.02. The first-order chi connectivity index (χ1) is 9.43. The van der Waals surface area contributed by atoms with E-state index in [1.807, 2.05) is 6.92 Å². The van der Waals surface area contributed by atoms with Crippen molar-refractivity contribution in [2.45, 2.75) is 46.7 Å². The highest BCUT2D eigenvalue weighted by Crippen LogP contribution is 2.34. The Bertz CT molecular complexity index is 758. The predicted molar refractivity (Wildman–Crippen MR) is 76.0 cm³/mol. The summed E-state index contributed by atoms with van der Waals surface area (Å²) in [6.07, 6.45) is -2.12. The summed E-state index contributed by atoms with van der Waals surface area (Å²) in [5.41, 5.74) is -1.26. The summed E-state index contributed by atoms with van der Waals surface area (Å²) in [5, 5.41) is -0.00241. The van der Waals surface area contributed by atoms with Crippen LogP contribution < -0.4 is 11.2 Å². The molecule has 2 aromatic rings. The molecule has 110 valence electrons. The molecule has 2 aromatic heterocycles. The summed E-state index contributed by atoms with van der Waals surface area (Å²) in [6.45, 7) is 5.74. The molecule has 0 aliphatic carbocycles. The molecule has 0 aliphatic heterocycles. The summed E-state index contributed by atoms with van der Waals surface area (Å²) < 4.78 is 28.9. The van der Waals surface area contributed by atoms with Gasteiger partial charge in [-0.25, -0.2) is 13.6 Å². The van der Waals surface area contributed by atoms with Gasteiger partial charge in [-0.3, -0.25) is 13.9 Å². The van der Waals surface area contributed by atoms with Gasteiger partial charge in [0.25, 0.3) is 12.0 Å². The van der Waals surface area contributed by atoms with Crippen molar-refractivity contribution in [3.05, 3.63) is 31.3 Å². The van der Waals surface area contributed by atoms with Crippen LogP contribution in [-0.2, 0) is 13.1 Å². The van der Waals surface area contributed by atoms with Crippen LogP contribution in [0.1, 0.15) is 37.1 Å². The number of aromatic nitrogens is 2. The molecule has 0 atom stereocenters. The highest BCUT2D eigenvalue weighted by Gasteiger charge is 2.24. The topological polar surface area (TPSA) is 44.0 Å². The molecule has 0 bridgehead atoms. The van der Waals surface area contributed by atoms with Crippen LogP contribution in [0.15, 0.2) is 9.59 Å². The predicted octanol–water partition coefficient (Wildman–Crippen LogP) is 2.90. The van der Waals surface area contributed by atoms with E-state index in [-0.39, 0.29) is 17.5 Å². The highest BCUT2D eigenvalue weighted by atomic mass is 32.1. The summed E-state index contributed by atoms with van der Waals surface area (Å²) in [5.74, 6) is 0. The Kier molecular flexibility index (Phi) is 4.08. The minimum absolute atomic E-state index is 0.00241. The first-order valence-corrected chi connectivity index (χ1v) is 7.30. The average molecular weight is 302 g/mol. The van der Waals surface area contributed by atoms with Crippen molar-refractivity contribution in [1.29, 1.82) is 0 Å². The minimum Gasteiger partial charge on any atom is -0.285 e. The number of hydrogen-bond acceptors (Lipinski definition) is 3. The van der Waals surface area contributed by atoms with Gasteiger partial charge in [-0.2, -0.15) is 0 Å². The molecule has 2 rings (SSSR count). The van der Waals surface area contributed by atoms with Crippen LogP contribution in [0.25, 0.3) is 10.2 Å². The summed E-state index contributed by atoms with van der Waals surface area (Å²) >= 11 is 1.08. The number of thiophene rings is 1. The quantitative estimate of drug-likeness (QED) is 0.871. The fourth-order valence-corrected chi connectivity index (χ4v) is 3.56. The third kappa shape index (κ3) is 2.09. The maximum atomic E-state index is 13.2. The van der Waals surface area contributed by atoms with Gasteiger partial charge in [0, 0.05) is 23.5 Å². The Hall–Kier alpha value is -1.50. The maximum absolute atomic E-state index is 13.2. The number of rotatable bonds is 4. The molecular formula is C13H16F2N2O2S. The fourth-order valence-electron chi connectivity index (χ4n) is 2.36. The second-order valence-electron chi connectivity index (χ2n) is 4.54. The molecule has 0 aliphatic rings. The van der Waals surface area contributed by atoms with Crippen LogP contribution in [0.5, 0.6) is 0 Å². The third-order valence-corrected chi connectivity index (χ3v) is 4.40. The number of aryl methyl sites for hydroxylation is 2. The van der Waals surface area contributed by atoms with Gasteiger partial charge >= 0.3 is 5.69 Å². The van der Waals surface area contributed by atoms with Gasteiger partial charge in [-0.05, 0) is 20.3 Å². The Morgan fingerprint density at radius 3 is 2.35 bits per heavy atom. The molecule has 0 spiro atoms. The lowest BCUT2D eigenvalue weighted by Gasteiger charge is -2.10. The van der Waals surface area contributed by atoms with Crippen molar-refractivity contribution < 1.29 is 8.78 Å². The SMILES string of the molecule is CCCn1c(=O)c2c(C(F)F)c(C)sc2n(CC)c1=O. The van der Waals surface area contributed by atoms with Crippen LogP contribution in [0.3, 0.4) is 0 Å². The minimum atomic E-state index is -2.71. The molecule has 0 amide bonds. The second kappa shape index (κ2) is 5.47. The van der Waals surface area contributed by atoms with Gasteiger partial charge in [0.05, 0.1) is 5.39 Å². The van der Waals surface area contributed by atoms with Crippen LogP contribution in [0, 0.1) is 6.92 Å². The number of nitrogens with zero attached hydrogens (tertiary/aromatic N) is 2. The van der Waals surface area contributed by atoms with E-state index in [1.54, 1.807) is 13.8 Å². The van der Waals surface area contributed by atoms with Crippen LogP contribution in [0.2, 0.25) is 0 Å². The zero-order valence-corrected chi connectivity index (χ0v) is 12.4. The van der Waals surface area contributed by atoms with Crippen molar-refractivity contribution in [1.82, 2.24) is 9.13 Å². The first-order valence-electron chi connectivity index (χ1n) is 6.48. The Morgan fingerprint density at radius 2 is 1.85 bits per heavy atom. The average Bonchev–Trinajstić information content (AvgIpc) is 2.72. The molecule has 0 aromatic carbocycles. The van der Waals surface area contributed by atoms with Gasteiger partial charge in [-0.1, -0.05) is 6.92 Å². The lowest BCUT2D eigenvalue weighted by Crippen LogP contribution is -2.39. The van der Waals surface area contributed by atoms with E-state index in [9.17, 15) is 18.4 Å². The molecule has 0 N–H and O–H groups in total. The normalized spacial score (nSPS) is 11.7. The highest BCUT2D eigenvalue weighted by molar-refractivity contribution is 7.18. The largest absolute Gasteiger partial charge is 0.332 e. The van der Waals surface area contributed by atoms with E-state index >= 15 is 0 Å². The van der Waals surface area contributed by atoms with Gasteiger partial charge in [0.1, 0.15) is 4.83 Å². The van der Waals surface area contributed by atoms with E-state index in [0.29, 0.717) is 22.7 Å². The monoisotopic (exact) mass is 302 g/mol. The second-order valence-corrected chi connectivity index (χ2v) is 5.74. The molecule has 0 fully saturated rings. The van der Waals surface area contributed by atoms with Crippen molar-refractivity contribution in [3.8, 4) is 0 Å². The fraction of sp³-hybridized carbons (Fsp3) is 0.538. The molecule has 0 saturated carbocycles. The molecule has 20 heavy (non-hydrogen) atoms. The van der Waals surface area contributed by atoms with Crippen molar-refractivity contribution in [2.75, 3.05) is 0 Å². The summed E-state index contributed by atoms with van der Waals surface area (Å²) in [6, 6.07) is 0. The maximum Gasteiger partial charge on any atom is 0.332 e. The lowest BCUT2D eigenvalue weighted by atomic mass is 10.2. The van der Waals surface area contributed by atoms with Gasteiger partial charge in [0.2, 0.25) is 0 Å². The van der Waals surface area contributed by atoms with Gasteiger partial charge < -0.3 is 0 Å². The van der Waals surface area contributed by atoms with Crippen LogP contribution >= 0.6 is 11.3 Å². The number of alkyl halides is 2. The van der Waals surface area contributed by atoms with E-state index < -0.39 is 17.7 Å². The molecular weight excluding hydrogens is 286 g/mol. The Morgan fingerprint density at radius 1 is 1.20 bits per heavy atom. The molecule has 4 nitrogen and oxygen atoms in total. The van der Waals surface area contributed by atoms with Crippen LogP contribution in [-0.4, -0.2) is 9.13 Å². The number of halogens is 2. The summed E-state index contributed by atoms with van der Waals surface area (Å²) in [7, 11) is 0. The molecule has 7 heteroatoms. The van der Waals surface area contributed by atoms with E-state index in [0.717, 1.165) is 15.9 Å². The number of fused-ring (bicyclic) bond motifs is 1. The molecule has 0 saturated heterocycles. The molecule has 2 heterocycles. The van der Waals surface area contributed by atoms with E-state index in [4.69, 9.17) is 0 Å². The van der Waals surface area contributed by atoms with Crippen molar-refractivity contribution in [2.24, 2.45) is 0 Å². The van der Waals surface area contributed by atoms with Crippen LogP contribution in [0.4, 0.5) is 8.78 Å². The van der Waals surface area contributed by atoms with Crippen molar-refractivity contribution in [3.63, 3.8) is 0 Å². The zero-order valence-electron chi connectivity index (χ0n) is 11.6. The van der Waals surface area contributed by atoms with E-state index in [1.165, 1.54) is 4.57 Å². The zero-order chi connectivity index (χ0) is 15.0. The van der Waals surface area contributed by atoms with Crippen molar-refractivity contribution >= 4 is 21.6 Å². The third-order valence-electron chi connectivity index (χ3n) is 3.26. The number of hydrogen-bond donors (Lipinski definition) is 0. The van der Waals surface area contributed by atoms with Gasteiger partial charge in [-0.15, -0.1) is 11.3 Å².